The Morgan fingerprint density at radius 1 is 1.00 bits per heavy atom. The lowest BCUT2D eigenvalue weighted by Gasteiger charge is -2.14. The second-order valence-electron chi connectivity index (χ2n) is 5.29. The summed E-state index contributed by atoms with van der Waals surface area (Å²) in [6.07, 6.45) is 3.04. The Hall–Kier alpha value is -2.19. The van der Waals surface area contributed by atoms with E-state index in [0.717, 1.165) is 17.5 Å². The SMILES string of the molecule is CCC(NC)c1ccc(-c2cnc3ccccc3c2)cc1. The van der Waals surface area contributed by atoms with Crippen molar-refractivity contribution in [1.29, 1.82) is 0 Å². The summed E-state index contributed by atoms with van der Waals surface area (Å²) in [5.74, 6) is 0. The van der Waals surface area contributed by atoms with E-state index in [0.29, 0.717) is 6.04 Å². The summed E-state index contributed by atoms with van der Waals surface area (Å²) in [6.45, 7) is 2.20. The third-order valence-corrected chi connectivity index (χ3v) is 3.99. The van der Waals surface area contributed by atoms with Gasteiger partial charge in [-0.3, -0.25) is 4.98 Å². The molecule has 0 aliphatic heterocycles. The van der Waals surface area contributed by atoms with Crippen molar-refractivity contribution in [2.45, 2.75) is 19.4 Å². The number of nitrogens with zero attached hydrogens (tertiary/aromatic N) is 1. The minimum Gasteiger partial charge on any atom is -0.313 e. The van der Waals surface area contributed by atoms with E-state index in [4.69, 9.17) is 0 Å². The fraction of sp³-hybridized carbons (Fsp3) is 0.211. The standard InChI is InChI=1S/C19H20N2/c1-3-18(20-2)15-10-8-14(9-11-15)17-12-16-6-4-5-7-19(16)21-13-17/h4-13,18,20H,3H2,1-2H3. The topological polar surface area (TPSA) is 24.9 Å². The Morgan fingerprint density at radius 2 is 1.76 bits per heavy atom. The first-order chi connectivity index (χ1) is 10.3. The van der Waals surface area contributed by atoms with Gasteiger partial charge in [-0.25, -0.2) is 0 Å². The quantitative estimate of drug-likeness (QED) is 0.755. The highest BCUT2D eigenvalue weighted by molar-refractivity contribution is 5.83. The van der Waals surface area contributed by atoms with Crippen LogP contribution in [0.1, 0.15) is 24.9 Å². The summed E-state index contributed by atoms with van der Waals surface area (Å²) >= 11 is 0. The normalized spacial score (nSPS) is 12.5. The van der Waals surface area contributed by atoms with Gasteiger partial charge in [0.25, 0.3) is 0 Å². The lowest BCUT2D eigenvalue weighted by Crippen LogP contribution is -2.14. The summed E-state index contributed by atoms with van der Waals surface area (Å²) in [5.41, 5.74) is 4.75. The van der Waals surface area contributed by atoms with E-state index in [2.05, 4.69) is 59.7 Å². The molecule has 1 unspecified atom stereocenters. The van der Waals surface area contributed by atoms with Crippen molar-refractivity contribution in [2.75, 3.05) is 7.05 Å². The molecule has 0 amide bonds. The van der Waals surface area contributed by atoms with Crippen molar-refractivity contribution in [3.63, 3.8) is 0 Å². The van der Waals surface area contributed by atoms with Gasteiger partial charge in [-0.2, -0.15) is 0 Å². The average Bonchev–Trinajstić information content (AvgIpc) is 2.56. The fourth-order valence-electron chi connectivity index (χ4n) is 2.74. The minimum atomic E-state index is 0.425. The molecule has 0 aliphatic carbocycles. The second-order valence-corrected chi connectivity index (χ2v) is 5.29. The van der Waals surface area contributed by atoms with Gasteiger partial charge in [-0.15, -0.1) is 0 Å². The maximum Gasteiger partial charge on any atom is 0.0702 e. The largest absolute Gasteiger partial charge is 0.313 e. The molecule has 0 bridgehead atoms. The molecule has 0 aliphatic rings. The lowest BCUT2D eigenvalue weighted by atomic mass is 10.00. The number of rotatable bonds is 4. The molecule has 3 rings (SSSR count). The van der Waals surface area contributed by atoms with Gasteiger partial charge in [0, 0.05) is 23.2 Å². The molecule has 0 saturated heterocycles. The van der Waals surface area contributed by atoms with Crippen molar-refractivity contribution in [2.24, 2.45) is 0 Å². The van der Waals surface area contributed by atoms with Crippen molar-refractivity contribution in [1.82, 2.24) is 10.3 Å². The van der Waals surface area contributed by atoms with Crippen LogP contribution in [0.3, 0.4) is 0 Å². The zero-order valence-electron chi connectivity index (χ0n) is 12.5. The molecule has 2 aromatic carbocycles. The molecule has 1 aromatic heterocycles. The monoisotopic (exact) mass is 276 g/mol. The first-order valence-corrected chi connectivity index (χ1v) is 7.44. The fourth-order valence-corrected chi connectivity index (χ4v) is 2.74. The molecule has 2 nitrogen and oxygen atoms in total. The lowest BCUT2D eigenvalue weighted by molar-refractivity contribution is 0.577. The van der Waals surface area contributed by atoms with Gasteiger partial charge < -0.3 is 5.32 Å². The zero-order chi connectivity index (χ0) is 14.7. The molecule has 1 atom stereocenters. The van der Waals surface area contributed by atoms with Crippen LogP contribution >= 0.6 is 0 Å². The summed E-state index contributed by atoms with van der Waals surface area (Å²) in [6, 6.07) is 19.6. The van der Waals surface area contributed by atoms with Crippen LogP contribution in [-0.4, -0.2) is 12.0 Å². The summed E-state index contributed by atoms with van der Waals surface area (Å²) < 4.78 is 0. The predicted molar refractivity (Wildman–Crippen MR) is 89.3 cm³/mol. The molecular formula is C19H20N2. The first kappa shape index (κ1) is 13.8. The van der Waals surface area contributed by atoms with Gasteiger partial charge in [0.1, 0.15) is 0 Å². The van der Waals surface area contributed by atoms with Crippen LogP contribution in [0, 0.1) is 0 Å². The molecule has 1 N–H and O–H groups in total. The molecule has 21 heavy (non-hydrogen) atoms. The Bertz CT molecular complexity index is 728. The number of fused-ring (bicyclic) bond motifs is 1. The van der Waals surface area contributed by atoms with Crippen LogP contribution in [0.5, 0.6) is 0 Å². The first-order valence-electron chi connectivity index (χ1n) is 7.44. The van der Waals surface area contributed by atoms with E-state index in [1.54, 1.807) is 0 Å². The van der Waals surface area contributed by atoms with Crippen LogP contribution in [0.2, 0.25) is 0 Å². The molecule has 106 valence electrons. The zero-order valence-corrected chi connectivity index (χ0v) is 12.5. The highest BCUT2D eigenvalue weighted by Gasteiger charge is 2.07. The van der Waals surface area contributed by atoms with Crippen LogP contribution in [0.25, 0.3) is 22.0 Å². The maximum atomic E-state index is 4.54. The predicted octanol–water partition coefficient (Wildman–Crippen LogP) is 4.57. The number of pyridine rings is 1. The van der Waals surface area contributed by atoms with Crippen molar-refractivity contribution < 1.29 is 0 Å². The third-order valence-electron chi connectivity index (χ3n) is 3.99. The van der Waals surface area contributed by atoms with Crippen molar-refractivity contribution >= 4 is 10.9 Å². The Morgan fingerprint density at radius 3 is 2.48 bits per heavy atom. The van der Waals surface area contributed by atoms with Crippen molar-refractivity contribution in [3.05, 3.63) is 66.4 Å². The van der Waals surface area contributed by atoms with E-state index in [1.807, 2.05) is 25.4 Å². The second kappa shape index (κ2) is 6.06. The van der Waals surface area contributed by atoms with Gasteiger partial charge in [0.05, 0.1) is 5.52 Å². The smallest absolute Gasteiger partial charge is 0.0702 e. The van der Waals surface area contributed by atoms with E-state index in [9.17, 15) is 0 Å². The van der Waals surface area contributed by atoms with Crippen LogP contribution in [0.4, 0.5) is 0 Å². The van der Waals surface area contributed by atoms with Crippen LogP contribution in [0.15, 0.2) is 60.8 Å². The molecular weight excluding hydrogens is 256 g/mol. The minimum absolute atomic E-state index is 0.425. The number of nitrogens with one attached hydrogen (secondary N) is 1. The summed E-state index contributed by atoms with van der Waals surface area (Å²) in [7, 11) is 2.01. The van der Waals surface area contributed by atoms with Crippen molar-refractivity contribution in [3.8, 4) is 11.1 Å². The van der Waals surface area contributed by atoms with E-state index < -0.39 is 0 Å². The number of aromatic nitrogens is 1. The molecule has 3 aromatic rings. The average molecular weight is 276 g/mol. The molecule has 0 radical (unpaired) electrons. The summed E-state index contributed by atoms with van der Waals surface area (Å²) in [5, 5.41) is 4.52. The van der Waals surface area contributed by atoms with E-state index >= 15 is 0 Å². The number of benzene rings is 2. The molecule has 1 heterocycles. The molecule has 0 spiro atoms. The maximum absolute atomic E-state index is 4.54. The number of hydrogen-bond donors (Lipinski definition) is 1. The van der Waals surface area contributed by atoms with Gasteiger partial charge in [-0.1, -0.05) is 49.4 Å². The van der Waals surface area contributed by atoms with Gasteiger partial charge in [0.15, 0.2) is 0 Å². The highest BCUT2D eigenvalue weighted by atomic mass is 14.9. The number of hydrogen-bond acceptors (Lipinski definition) is 2. The third kappa shape index (κ3) is 2.81. The van der Waals surface area contributed by atoms with Gasteiger partial charge in [-0.05, 0) is 36.7 Å². The molecule has 2 heteroatoms. The van der Waals surface area contributed by atoms with Crippen LogP contribution < -0.4 is 5.32 Å². The Kier molecular flexibility index (Phi) is 3.98. The Labute approximate surface area is 125 Å². The van der Waals surface area contributed by atoms with E-state index in [1.165, 1.54) is 16.5 Å². The summed E-state index contributed by atoms with van der Waals surface area (Å²) in [4.78, 5) is 4.54. The van der Waals surface area contributed by atoms with Crippen LogP contribution in [-0.2, 0) is 0 Å². The molecule has 0 fully saturated rings. The highest BCUT2D eigenvalue weighted by Crippen LogP contribution is 2.25. The Balaban J connectivity index is 1.95. The van der Waals surface area contributed by atoms with Gasteiger partial charge in [0.2, 0.25) is 0 Å². The van der Waals surface area contributed by atoms with Gasteiger partial charge >= 0.3 is 0 Å². The van der Waals surface area contributed by atoms with E-state index in [-0.39, 0.29) is 0 Å². The molecule has 0 saturated carbocycles. The number of para-hydroxylation sites is 1.